The highest BCUT2D eigenvalue weighted by molar-refractivity contribution is 5.53. The van der Waals surface area contributed by atoms with E-state index in [1.165, 1.54) is 141 Å². The van der Waals surface area contributed by atoms with Crippen LogP contribution in [0.25, 0.3) is 0 Å². The Balaban J connectivity index is 0.000000167. The van der Waals surface area contributed by atoms with Gasteiger partial charge in [0.1, 0.15) is 0 Å². The van der Waals surface area contributed by atoms with Crippen LogP contribution in [0.5, 0.6) is 0 Å². The lowest BCUT2D eigenvalue weighted by molar-refractivity contribution is 0.177. The molecule has 2 aromatic rings. The third kappa shape index (κ3) is 7.25. The zero-order valence-electron chi connectivity index (χ0n) is 37.3. The van der Waals surface area contributed by atoms with Crippen LogP contribution in [-0.4, -0.2) is 0 Å². The van der Waals surface area contributed by atoms with Gasteiger partial charge in [0.05, 0.1) is 0 Å². The molecule has 0 aliphatic heterocycles. The quantitative estimate of drug-likeness (QED) is 0.228. The van der Waals surface area contributed by atoms with Crippen molar-refractivity contribution in [2.45, 2.75) is 232 Å². The van der Waals surface area contributed by atoms with E-state index in [-0.39, 0.29) is 0 Å². The van der Waals surface area contributed by atoms with Crippen LogP contribution in [0.15, 0.2) is 24.3 Å². The lowest BCUT2D eigenvalue weighted by atomic mass is 9.57. The second-order valence-corrected chi connectivity index (χ2v) is 22.3. The van der Waals surface area contributed by atoms with Crippen molar-refractivity contribution >= 4 is 0 Å². The number of fused-ring (bicyclic) bond motifs is 10. The van der Waals surface area contributed by atoms with E-state index in [0.717, 1.165) is 35.5 Å². The highest BCUT2D eigenvalue weighted by Gasteiger charge is 2.47. The molecule has 6 aliphatic rings. The van der Waals surface area contributed by atoms with E-state index in [2.05, 4.69) is 93.5 Å². The van der Waals surface area contributed by atoms with Crippen molar-refractivity contribution in [1.29, 1.82) is 0 Å². The topological polar surface area (TPSA) is 0 Å². The zero-order valence-corrected chi connectivity index (χ0v) is 37.3. The smallest absolute Gasteiger partial charge is 0.00437 e. The Morgan fingerprint density at radius 3 is 1.20 bits per heavy atom. The Kier molecular flexibility index (Phi) is 12.0. The first kappa shape index (κ1) is 40.6. The van der Waals surface area contributed by atoms with E-state index in [9.17, 15) is 0 Å². The van der Waals surface area contributed by atoms with E-state index in [1.54, 1.807) is 44.5 Å². The summed E-state index contributed by atoms with van der Waals surface area (Å²) in [6, 6.07) is 10.4. The maximum absolute atomic E-state index is 2.60. The minimum atomic E-state index is 0.408. The first-order valence-electron chi connectivity index (χ1n) is 24.0. The van der Waals surface area contributed by atoms with Gasteiger partial charge in [0.2, 0.25) is 0 Å². The van der Waals surface area contributed by atoms with E-state index in [0.29, 0.717) is 21.7 Å². The summed E-state index contributed by atoms with van der Waals surface area (Å²) in [4.78, 5) is 0. The lowest BCUT2D eigenvalue weighted by Crippen LogP contribution is -2.40. The SMILES string of the molecule is CC(C)CCC[C@@H](C)[C@]1(C)CCc2c1ccc1c2CC[C@@H]2CCCC[C@]12C.CC(C)CCC[C@@H](C)[C@]1(C)CCc2c1ccc1c2CC[C@H]2CCCC[C@]12C. The van der Waals surface area contributed by atoms with Crippen LogP contribution < -0.4 is 0 Å². The minimum Gasteiger partial charge on any atom is -0.0628 e. The van der Waals surface area contributed by atoms with Crippen LogP contribution in [0.3, 0.4) is 0 Å². The van der Waals surface area contributed by atoms with Gasteiger partial charge in [-0.25, -0.2) is 0 Å². The van der Waals surface area contributed by atoms with Gasteiger partial charge in [0.25, 0.3) is 0 Å². The average Bonchev–Trinajstić information content (AvgIpc) is 3.69. The van der Waals surface area contributed by atoms with Crippen molar-refractivity contribution in [1.82, 2.24) is 0 Å². The van der Waals surface area contributed by atoms with Crippen molar-refractivity contribution in [2.24, 2.45) is 35.5 Å². The molecule has 0 aromatic heterocycles. The van der Waals surface area contributed by atoms with Crippen LogP contribution in [0.4, 0.5) is 0 Å². The minimum absolute atomic E-state index is 0.408. The molecule has 0 saturated heterocycles. The molecular weight excluding hydrogens is 649 g/mol. The highest BCUT2D eigenvalue weighted by atomic mass is 14.5. The van der Waals surface area contributed by atoms with Gasteiger partial charge in [0, 0.05) is 0 Å². The summed E-state index contributed by atoms with van der Waals surface area (Å²) < 4.78 is 0. The van der Waals surface area contributed by atoms with Crippen molar-refractivity contribution in [3.05, 3.63) is 68.8 Å². The number of rotatable bonds is 10. The highest BCUT2D eigenvalue weighted by Crippen LogP contribution is 2.56. The zero-order chi connectivity index (χ0) is 38.5. The van der Waals surface area contributed by atoms with Gasteiger partial charge in [-0.3, -0.25) is 0 Å². The molecule has 0 bridgehead atoms. The van der Waals surface area contributed by atoms with Gasteiger partial charge in [0.15, 0.2) is 0 Å². The van der Waals surface area contributed by atoms with Crippen LogP contribution in [0.1, 0.15) is 229 Å². The van der Waals surface area contributed by atoms with Crippen LogP contribution in [-0.2, 0) is 47.3 Å². The number of hydrogen-bond acceptors (Lipinski definition) is 0. The van der Waals surface area contributed by atoms with Crippen molar-refractivity contribution in [3.8, 4) is 0 Å². The molecule has 8 atom stereocenters. The predicted molar refractivity (Wildman–Crippen MR) is 235 cm³/mol. The van der Waals surface area contributed by atoms with Crippen molar-refractivity contribution in [2.75, 3.05) is 0 Å². The molecule has 0 heteroatoms. The first-order valence-corrected chi connectivity index (χ1v) is 24.0. The molecule has 0 N–H and O–H groups in total. The third-order valence-electron chi connectivity index (χ3n) is 18.4. The Morgan fingerprint density at radius 1 is 0.444 bits per heavy atom. The summed E-state index contributed by atoms with van der Waals surface area (Å²) in [6.45, 7) is 24.9. The summed E-state index contributed by atoms with van der Waals surface area (Å²) >= 11 is 0. The molecule has 0 nitrogen and oxygen atoms in total. The second kappa shape index (κ2) is 16.0. The molecule has 0 heterocycles. The molecule has 54 heavy (non-hydrogen) atoms. The molecule has 0 amide bonds. The largest absolute Gasteiger partial charge is 0.0628 e. The molecule has 6 aliphatic carbocycles. The molecule has 2 saturated carbocycles. The Bertz CT molecular complexity index is 1490. The predicted octanol–water partition coefficient (Wildman–Crippen LogP) is 15.5. The van der Waals surface area contributed by atoms with E-state index in [1.807, 2.05) is 0 Å². The Labute approximate surface area is 335 Å². The van der Waals surface area contributed by atoms with Crippen LogP contribution in [0.2, 0.25) is 0 Å². The Hall–Kier alpha value is -1.56. The standard InChI is InChI=1S/2C27H42/c2*1-19(2)9-8-10-20(3)26(4)18-16-23-22-13-12-21-11-6-7-17-27(21,5)25(22)15-14-24(23)26/h2*14-15,19-21H,6-13,16-18H2,1-5H3/t20-,21+,26+,27+;20-,21-,26+,27+/m11/s1. The fourth-order valence-corrected chi connectivity index (χ4v) is 14.1. The van der Waals surface area contributed by atoms with Gasteiger partial charge in [-0.05, 0) is 192 Å². The average molecular weight is 733 g/mol. The van der Waals surface area contributed by atoms with Gasteiger partial charge in [-0.15, -0.1) is 0 Å². The maximum atomic E-state index is 2.60. The molecule has 0 radical (unpaired) electrons. The van der Waals surface area contributed by atoms with Crippen LogP contribution in [0, 0.1) is 35.5 Å². The third-order valence-corrected chi connectivity index (χ3v) is 18.4. The lowest BCUT2D eigenvalue weighted by Gasteiger charge is -2.47. The number of benzene rings is 2. The van der Waals surface area contributed by atoms with Crippen molar-refractivity contribution < 1.29 is 0 Å². The summed E-state index contributed by atoms with van der Waals surface area (Å²) in [6.07, 6.45) is 31.0. The van der Waals surface area contributed by atoms with E-state index >= 15 is 0 Å². The summed E-state index contributed by atoms with van der Waals surface area (Å²) in [5.41, 5.74) is 15.9. The van der Waals surface area contributed by atoms with Gasteiger partial charge in [-0.2, -0.15) is 0 Å². The van der Waals surface area contributed by atoms with Gasteiger partial charge >= 0.3 is 0 Å². The Morgan fingerprint density at radius 2 is 0.815 bits per heavy atom. The summed E-state index contributed by atoms with van der Waals surface area (Å²) in [5.74, 6) is 5.18. The first-order chi connectivity index (χ1) is 25.7. The van der Waals surface area contributed by atoms with Gasteiger partial charge in [-0.1, -0.05) is 145 Å². The number of hydrogen-bond donors (Lipinski definition) is 0. The fraction of sp³-hybridized carbons (Fsp3) is 0.778. The molecule has 2 aromatic carbocycles. The van der Waals surface area contributed by atoms with Crippen molar-refractivity contribution in [3.63, 3.8) is 0 Å². The normalized spacial score (nSPS) is 33.5. The summed E-state index contributed by atoms with van der Waals surface area (Å²) in [5, 5.41) is 0. The maximum Gasteiger partial charge on any atom is -0.00437 e. The molecule has 300 valence electrons. The second-order valence-electron chi connectivity index (χ2n) is 22.3. The van der Waals surface area contributed by atoms with Crippen LogP contribution >= 0.6 is 0 Å². The molecule has 8 rings (SSSR count). The van der Waals surface area contributed by atoms with E-state index in [4.69, 9.17) is 0 Å². The fourth-order valence-electron chi connectivity index (χ4n) is 14.1. The van der Waals surface area contributed by atoms with Gasteiger partial charge < -0.3 is 0 Å². The molecule has 2 fully saturated rings. The monoisotopic (exact) mass is 733 g/mol. The molecule has 0 spiro atoms. The summed E-state index contributed by atoms with van der Waals surface area (Å²) in [7, 11) is 0. The van der Waals surface area contributed by atoms with E-state index < -0.39 is 0 Å². The molecule has 0 unspecified atom stereocenters. The molecular formula is C54H84.